The van der Waals surface area contributed by atoms with Gasteiger partial charge < -0.3 is 14.6 Å². The summed E-state index contributed by atoms with van der Waals surface area (Å²) in [4.78, 5) is 22.8. The Balaban J connectivity index is 3.16. The van der Waals surface area contributed by atoms with Crippen LogP contribution in [0.4, 0.5) is 13.2 Å². The average Bonchev–Trinajstić information content (AvgIpc) is 2.11. The molecule has 1 aliphatic rings. The highest BCUT2D eigenvalue weighted by Gasteiger charge is 2.46. The number of halogens is 3. The monoisotopic (exact) mass is 268 g/mol. The number of esters is 2. The highest BCUT2D eigenvalue weighted by atomic mass is 19.4. The summed E-state index contributed by atoms with van der Waals surface area (Å²) in [5.41, 5.74) is -1.13. The van der Waals surface area contributed by atoms with Gasteiger partial charge in [0.2, 0.25) is 0 Å². The van der Waals surface area contributed by atoms with E-state index in [0.29, 0.717) is 6.92 Å². The van der Waals surface area contributed by atoms with Crippen LogP contribution in [0, 0.1) is 5.92 Å². The second-order valence-electron chi connectivity index (χ2n) is 4.20. The fraction of sp³-hybridized carbons (Fsp3) is 0.600. The van der Waals surface area contributed by atoms with E-state index in [9.17, 15) is 27.9 Å². The molecule has 1 fully saturated rings. The molecule has 0 aromatic carbocycles. The summed E-state index contributed by atoms with van der Waals surface area (Å²) in [7, 11) is 0. The van der Waals surface area contributed by atoms with Crippen LogP contribution in [-0.4, -0.2) is 29.0 Å². The predicted octanol–water partition coefficient (Wildman–Crippen LogP) is 1.83. The Kier molecular flexibility index (Phi) is 3.33. The third-order valence-corrected chi connectivity index (χ3v) is 2.24. The molecule has 0 amide bonds. The largest absolute Gasteiger partial charge is 0.510 e. The standard InChI is InChI=1S/C10H11F3O5/c1-4(10(11,12)13)6(14)5-7(15)17-9(2,3)18-8(5)16/h4,14H,1-3H3. The lowest BCUT2D eigenvalue weighted by molar-refractivity contribution is -0.223. The molecule has 18 heavy (non-hydrogen) atoms. The molecule has 0 aromatic rings. The molecule has 1 atom stereocenters. The Hall–Kier alpha value is -1.73. The maximum Gasteiger partial charge on any atom is 0.398 e. The Morgan fingerprint density at radius 2 is 1.61 bits per heavy atom. The van der Waals surface area contributed by atoms with Crippen LogP contribution in [0.5, 0.6) is 0 Å². The molecule has 1 aliphatic heterocycles. The number of aliphatic hydroxyl groups is 1. The van der Waals surface area contributed by atoms with Crippen LogP contribution in [0.25, 0.3) is 0 Å². The summed E-state index contributed by atoms with van der Waals surface area (Å²) < 4.78 is 46.2. The van der Waals surface area contributed by atoms with E-state index < -0.39 is 41.2 Å². The van der Waals surface area contributed by atoms with E-state index in [-0.39, 0.29) is 0 Å². The fourth-order valence-electron chi connectivity index (χ4n) is 1.23. The number of hydrogen-bond donors (Lipinski definition) is 1. The van der Waals surface area contributed by atoms with Gasteiger partial charge in [-0.05, 0) is 6.92 Å². The number of cyclic esters (lactones) is 2. The lowest BCUT2D eigenvalue weighted by Crippen LogP contribution is -2.43. The molecule has 1 unspecified atom stereocenters. The van der Waals surface area contributed by atoms with Gasteiger partial charge in [0.1, 0.15) is 11.7 Å². The summed E-state index contributed by atoms with van der Waals surface area (Å²) in [5, 5.41) is 9.35. The Labute approximate surface area is 100 Å². The summed E-state index contributed by atoms with van der Waals surface area (Å²) in [6, 6.07) is 0. The van der Waals surface area contributed by atoms with Gasteiger partial charge in [0.15, 0.2) is 5.57 Å². The van der Waals surface area contributed by atoms with Crippen LogP contribution in [0.1, 0.15) is 20.8 Å². The van der Waals surface area contributed by atoms with Gasteiger partial charge in [-0.2, -0.15) is 13.2 Å². The van der Waals surface area contributed by atoms with E-state index in [0.717, 1.165) is 0 Å². The smallest absolute Gasteiger partial charge is 0.398 e. The lowest BCUT2D eigenvalue weighted by Gasteiger charge is -2.30. The highest BCUT2D eigenvalue weighted by Crippen LogP contribution is 2.34. The topological polar surface area (TPSA) is 72.8 Å². The first kappa shape index (κ1) is 14.3. The summed E-state index contributed by atoms with van der Waals surface area (Å²) in [6.07, 6.45) is -4.79. The van der Waals surface area contributed by atoms with Crippen molar-refractivity contribution < 1.29 is 37.3 Å². The quantitative estimate of drug-likeness (QED) is 0.340. The Morgan fingerprint density at radius 1 is 1.22 bits per heavy atom. The third kappa shape index (κ3) is 2.74. The van der Waals surface area contributed by atoms with Crippen LogP contribution >= 0.6 is 0 Å². The first-order valence-electron chi connectivity index (χ1n) is 4.92. The Bertz CT molecular complexity index is 400. The van der Waals surface area contributed by atoms with Crippen molar-refractivity contribution in [3.05, 3.63) is 11.3 Å². The van der Waals surface area contributed by atoms with Crippen LogP contribution in [-0.2, 0) is 19.1 Å². The molecule has 102 valence electrons. The van der Waals surface area contributed by atoms with Crippen molar-refractivity contribution in [3.63, 3.8) is 0 Å². The number of ether oxygens (including phenoxy) is 2. The molecule has 0 aromatic heterocycles. The Morgan fingerprint density at radius 3 is 1.94 bits per heavy atom. The fourth-order valence-corrected chi connectivity index (χ4v) is 1.23. The van der Waals surface area contributed by atoms with Gasteiger partial charge in [-0.15, -0.1) is 0 Å². The van der Waals surface area contributed by atoms with Crippen LogP contribution in [0.2, 0.25) is 0 Å². The van der Waals surface area contributed by atoms with Crippen molar-refractivity contribution in [2.75, 3.05) is 0 Å². The van der Waals surface area contributed by atoms with Gasteiger partial charge in [0.05, 0.1) is 0 Å². The van der Waals surface area contributed by atoms with Gasteiger partial charge >= 0.3 is 18.1 Å². The maximum atomic E-state index is 12.4. The number of carbonyl (C=O) groups excluding carboxylic acids is 2. The van der Waals surface area contributed by atoms with E-state index in [2.05, 4.69) is 9.47 Å². The molecule has 1 heterocycles. The molecule has 0 bridgehead atoms. The molecule has 1 N–H and O–H groups in total. The molecule has 5 nitrogen and oxygen atoms in total. The van der Waals surface area contributed by atoms with Gasteiger partial charge in [0, 0.05) is 13.8 Å². The van der Waals surface area contributed by atoms with Crippen molar-refractivity contribution in [3.8, 4) is 0 Å². The summed E-state index contributed by atoms with van der Waals surface area (Å²) in [5.74, 6) is -8.03. The number of alkyl halides is 3. The van der Waals surface area contributed by atoms with Crippen molar-refractivity contribution in [2.45, 2.75) is 32.7 Å². The molecular formula is C10H11F3O5. The number of carbonyl (C=O) groups is 2. The molecular weight excluding hydrogens is 257 g/mol. The highest BCUT2D eigenvalue weighted by molar-refractivity contribution is 6.15. The summed E-state index contributed by atoms with van der Waals surface area (Å²) in [6.45, 7) is 3.09. The van der Waals surface area contributed by atoms with Crippen LogP contribution < -0.4 is 0 Å². The van der Waals surface area contributed by atoms with Crippen molar-refractivity contribution in [2.24, 2.45) is 5.92 Å². The van der Waals surface area contributed by atoms with Crippen LogP contribution in [0.3, 0.4) is 0 Å². The first-order chi connectivity index (χ1) is 7.96. The zero-order valence-electron chi connectivity index (χ0n) is 9.79. The predicted molar refractivity (Wildman–Crippen MR) is 51.1 cm³/mol. The number of rotatable bonds is 1. The molecule has 1 rings (SSSR count). The molecule has 0 saturated carbocycles. The SMILES string of the molecule is CC(C(O)=C1C(=O)OC(C)(C)OC1=O)C(F)(F)F. The van der Waals surface area contributed by atoms with E-state index >= 15 is 0 Å². The van der Waals surface area contributed by atoms with Crippen LogP contribution in [0.15, 0.2) is 11.3 Å². The molecule has 8 heteroatoms. The van der Waals surface area contributed by atoms with Gasteiger partial charge in [-0.3, -0.25) is 0 Å². The zero-order valence-corrected chi connectivity index (χ0v) is 9.79. The minimum atomic E-state index is -4.79. The molecule has 0 spiro atoms. The minimum Gasteiger partial charge on any atom is -0.510 e. The number of hydrogen-bond acceptors (Lipinski definition) is 5. The third-order valence-electron chi connectivity index (χ3n) is 2.24. The lowest BCUT2D eigenvalue weighted by atomic mass is 10.0. The minimum absolute atomic E-state index is 0.614. The van der Waals surface area contributed by atoms with E-state index in [1.54, 1.807) is 0 Å². The molecule has 1 saturated heterocycles. The molecule has 0 aliphatic carbocycles. The van der Waals surface area contributed by atoms with Crippen molar-refractivity contribution >= 4 is 11.9 Å². The van der Waals surface area contributed by atoms with E-state index in [4.69, 9.17) is 0 Å². The number of allylic oxidation sites excluding steroid dienone is 1. The van der Waals surface area contributed by atoms with Gasteiger partial charge in [0.25, 0.3) is 5.79 Å². The van der Waals surface area contributed by atoms with E-state index in [1.165, 1.54) is 13.8 Å². The van der Waals surface area contributed by atoms with Gasteiger partial charge in [-0.1, -0.05) is 0 Å². The zero-order chi connectivity index (χ0) is 14.3. The van der Waals surface area contributed by atoms with E-state index in [1.807, 2.05) is 0 Å². The summed E-state index contributed by atoms with van der Waals surface area (Å²) >= 11 is 0. The van der Waals surface area contributed by atoms with Crippen molar-refractivity contribution in [1.29, 1.82) is 0 Å². The van der Waals surface area contributed by atoms with Crippen molar-refractivity contribution in [1.82, 2.24) is 0 Å². The van der Waals surface area contributed by atoms with Gasteiger partial charge in [-0.25, -0.2) is 9.59 Å². The first-order valence-corrected chi connectivity index (χ1v) is 4.92. The average molecular weight is 268 g/mol. The normalized spacial score (nSPS) is 21.1. The maximum absolute atomic E-state index is 12.4. The number of aliphatic hydroxyl groups excluding tert-OH is 1. The molecule has 0 radical (unpaired) electrons. The second kappa shape index (κ2) is 4.18. The second-order valence-corrected chi connectivity index (χ2v) is 4.20.